The van der Waals surface area contributed by atoms with Gasteiger partial charge >= 0.3 is 6.18 Å². The molecule has 0 unspecified atom stereocenters. The molecule has 5 N–H and O–H groups in total. The first-order chi connectivity index (χ1) is 6.37. The van der Waals surface area contributed by atoms with E-state index in [1.165, 1.54) is 6.07 Å². The molecule has 5 nitrogen and oxygen atoms in total. The van der Waals surface area contributed by atoms with E-state index in [4.69, 9.17) is 11.5 Å². The molecule has 0 aliphatic rings. The zero-order chi connectivity index (χ0) is 10.8. The van der Waals surface area contributed by atoms with Crippen molar-refractivity contribution in [2.75, 3.05) is 23.3 Å². The average Bonchev–Trinajstić information content (AvgIpc) is 1.97. The normalized spacial score (nSPS) is 11.4. The highest BCUT2D eigenvalue weighted by Crippen LogP contribution is 2.16. The lowest BCUT2D eigenvalue weighted by Crippen LogP contribution is -2.22. The Balaban J connectivity index is 2.68. The number of hydrogen-bond acceptors (Lipinski definition) is 5. The first-order valence-corrected chi connectivity index (χ1v) is 3.57. The van der Waals surface area contributed by atoms with Gasteiger partial charge in [-0.25, -0.2) is 0 Å². The second-order valence-electron chi connectivity index (χ2n) is 2.50. The van der Waals surface area contributed by atoms with Crippen molar-refractivity contribution >= 4 is 17.6 Å². The number of alkyl halides is 3. The van der Waals surface area contributed by atoms with Crippen LogP contribution in [0.5, 0.6) is 0 Å². The highest BCUT2D eigenvalue weighted by atomic mass is 19.4. The molecule has 1 rings (SSSR count). The van der Waals surface area contributed by atoms with Crippen LogP contribution in [0, 0.1) is 0 Å². The van der Waals surface area contributed by atoms with E-state index in [9.17, 15) is 13.2 Å². The van der Waals surface area contributed by atoms with Crippen LogP contribution in [0.15, 0.2) is 6.07 Å². The summed E-state index contributed by atoms with van der Waals surface area (Å²) in [5.74, 6) is -0.204. The molecule has 0 aliphatic heterocycles. The Morgan fingerprint density at radius 1 is 1.29 bits per heavy atom. The zero-order valence-electron chi connectivity index (χ0n) is 6.97. The Kier molecular flexibility index (Phi) is 2.63. The first-order valence-electron chi connectivity index (χ1n) is 3.57. The van der Waals surface area contributed by atoms with Gasteiger partial charge in [-0.05, 0) is 0 Å². The number of nitrogens with two attached hydrogens (primary N) is 2. The van der Waals surface area contributed by atoms with E-state index < -0.39 is 12.7 Å². The van der Waals surface area contributed by atoms with Crippen molar-refractivity contribution < 1.29 is 13.2 Å². The van der Waals surface area contributed by atoms with Gasteiger partial charge in [-0.3, -0.25) is 0 Å². The van der Waals surface area contributed by atoms with Crippen LogP contribution in [0.25, 0.3) is 0 Å². The predicted octanol–water partition coefficient (Wildman–Crippen LogP) is 0.615. The van der Waals surface area contributed by atoms with Gasteiger partial charge in [0.25, 0.3) is 0 Å². The van der Waals surface area contributed by atoms with Gasteiger partial charge in [0.05, 0.1) is 0 Å². The lowest BCUT2D eigenvalue weighted by Gasteiger charge is -2.09. The quantitative estimate of drug-likeness (QED) is 0.661. The SMILES string of the molecule is Nc1cc(NCC(F)(F)F)nc(N)n1. The van der Waals surface area contributed by atoms with E-state index in [1.54, 1.807) is 0 Å². The van der Waals surface area contributed by atoms with Crippen molar-refractivity contribution in [2.45, 2.75) is 6.18 Å². The molecule has 0 saturated carbocycles. The summed E-state index contributed by atoms with van der Waals surface area (Å²) in [5.41, 5.74) is 10.4. The minimum Gasteiger partial charge on any atom is -0.383 e. The summed E-state index contributed by atoms with van der Waals surface area (Å²) in [7, 11) is 0. The van der Waals surface area contributed by atoms with Crippen molar-refractivity contribution in [3.8, 4) is 0 Å². The lowest BCUT2D eigenvalue weighted by atomic mass is 10.5. The molecule has 0 fully saturated rings. The van der Waals surface area contributed by atoms with Crippen LogP contribution >= 0.6 is 0 Å². The van der Waals surface area contributed by atoms with Gasteiger partial charge in [-0.2, -0.15) is 23.1 Å². The lowest BCUT2D eigenvalue weighted by molar-refractivity contribution is -0.115. The Morgan fingerprint density at radius 3 is 2.43 bits per heavy atom. The molecule has 1 aromatic heterocycles. The Labute approximate surface area is 77.3 Å². The second-order valence-corrected chi connectivity index (χ2v) is 2.50. The summed E-state index contributed by atoms with van der Waals surface area (Å²) in [6, 6.07) is 1.17. The van der Waals surface area contributed by atoms with Crippen LogP contribution in [0.2, 0.25) is 0 Å². The van der Waals surface area contributed by atoms with Crippen LogP contribution in [-0.2, 0) is 0 Å². The molecule has 1 aromatic rings. The molecule has 0 aliphatic carbocycles. The van der Waals surface area contributed by atoms with Crippen molar-refractivity contribution in [2.24, 2.45) is 0 Å². The Hall–Kier alpha value is -1.73. The fraction of sp³-hybridized carbons (Fsp3) is 0.333. The molecule has 1 heterocycles. The number of nitrogen functional groups attached to an aromatic ring is 2. The maximum absolute atomic E-state index is 11.8. The molecule has 0 amide bonds. The number of nitrogens with one attached hydrogen (secondary N) is 1. The third-order valence-corrected chi connectivity index (χ3v) is 1.23. The maximum atomic E-state index is 11.8. The molecule has 0 aromatic carbocycles. The molecular weight excluding hydrogens is 199 g/mol. The largest absolute Gasteiger partial charge is 0.405 e. The van der Waals surface area contributed by atoms with E-state index in [0.29, 0.717) is 0 Å². The van der Waals surface area contributed by atoms with E-state index in [2.05, 4.69) is 9.97 Å². The van der Waals surface area contributed by atoms with Gasteiger partial charge in [0, 0.05) is 6.07 Å². The topological polar surface area (TPSA) is 89.8 Å². The molecule has 0 saturated heterocycles. The standard InChI is InChI=1S/C6H8F3N5/c7-6(8,9)2-12-4-1-3(10)13-5(11)14-4/h1H,2H2,(H5,10,11,12,13,14). The van der Waals surface area contributed by atoms with E-state index in [-0.39, 0.29) is 17.6 Å². The molecule has 0 atom stereocenters. The molecular formula is C6H8F3N5. The third-order valence-electron chi connectivity index (χ3n) is 1.23. The van der Waals surface area contributed by atoms with Crippen LogP contribution in [0.1, 0.15) is 0 Å². The summed E-state index contributed by atoms with van der Waals surface area (Å²) in [6.45, 7) is -1.19. The van der Waals surface area contributed by atoms with E-state index in [0.717, 1.165) is 0 Å². The first kappa shape index (κ1) is 10.4. The molecule has 14 heavy (non-hydrogen) atoms. The van der Waals surface area contributed by atoms with Crippen molar-refractivity contribution in [3.05, 3.63) is 6.07 Å². The van der Waals surface area contributed by atoms with Gasteiger partial charge in [-0.15, -0.1) is 0 Å². The number of hydrogen-bond donors (Lipinski definition) is 3. The highest BCUT2D eigenvalue weighted by molar-refractivity contribution is 5.48. The summed E-state index contributed by atoms with van der Waals surface area (Å²) in [6.07, 6.45) is -4.31. The fourth-order valence-corrected chi connectivity index (χ4v) is 0.767. The smallest absolute Gasteiger partial charge is 0.383 e. The fourth-order valence-electron chi connectivity index (χ4n) is 0.767. The van der Waals surface area contributed by atoms with Gasteiger partial charge in [-0.1, -0.05) is 0 Å². The summed E-state index contributed by atoms with van der Waals surface area (Å²) in [4.78, 5) is 7.01. The number of nitrogens with zero attached hydrogens (tertiary/aromatic N) is 2. The van der Waals surface area contributed by atoms with Gasteiger partial charge in [0.2, 0.25) is 5.95 Å². The predicted molar refractivity (Wildman–Crippen MR) is 45.4 cm³/mol. The molecule has 0 spiro atoms. The molecule has 0 radical (unpaired) electrons. The second kappa shape index (κ2) is 3.56. The highest BCUT2D eigenvalue weighted by Gasteiger charge is 2.26. The Morgan fingerprint density at radius 2 is 1.93 bits per heavy atom. The summed E-state index contributed by atoms with van der Waals surface area (Å²) in [5, 5.41) is 2.03. The number of halogens is 3. The van der Waals surface area contributed by atoms with Crippen LogP contribution in [0.3, 0.4) is 0 Å². The van der Waals surface area contributed by atoms with Gasteiger partial charge in [0.15, 0.2) is 0 Å². The van der Waals surface area contributed by atoms with E-state index >= 15 is 0 Å². The average molecular weight is 207 g/mol. The maximum Gasteiger partial charge on any atom is 0.405 e. The monoisotopic (exact) mass is 207 g/mol. The van der Waals surface area contributed by atoms with Gasteiger partial charge < -0.3 is 16.8 Å². The van der Waals surface area contributed by atoms with Crippen LogP contribution in [0.4, 0.5) is 30.8 Å². The van der Waals surface area contributed by atoms with Crippen molar-refractivity contribution in [1.29, 1.82) is 0 Å². The van der Waals surface area contributed by atoms with Gasteiger partial charge in [0.1, 0.15) is 18.2 Å². The van der Waals surface area contributed by atoms with E-state index in [1.807, 2.05) is 5.32 Å². The Bertz CT molecular complexity index is 303. The van der Waals surface area contributed by atoms with Crippen molar-refractivity contribution in [3.63, 3.8) is 0 Å². The van der Waals surface area contributed by atoms with Crippen molar-refractivity contribution in [1.82, 2.24) is 9.97 Å². The molecule has 78 valence electrons. The van der Waals surface area contributed by atoms with Crippen LogP contribution < -0.4 is 16.8 Å². The minimum absolute atomic E-state index is 0.0159. The van der Waals surface area contributed by atoms with Crippen LogP contribution in [-0.4, -0.2) is 22.7 Å². The molecule has 8 heteroatoms. The minimum atomic E-state index is -4.31. The number of rotatable bonds is 2. The summed E-state index contributed by atoms with van der Waals surface area (Å²) < 4.78 is 35.3. The number of aromatic nitrogens is 2. The summed E-state index contributed by atoms with van der Waals surface area (Å²) >= 11 is 0. The zero-order valence-corrected chi connectivity index (χ0v) is 6.97. The molecule has 0 bridgehead atoms. The third kappa shape index (κ3) is 3.33. The number of anilines is 3.